The fourth-order valence-corrected chi connectivity index (χ4v) is 3.27. The maximum absolute atomic E-state index is 12.1. The lowest BCUT2D eigenvalue weighted by Crippen LogP contribution is -2.02. The minimum atomic E-state index is 0.0591. The third-order valence-corrected chi connectivity index (χ3v) is 4.63. The van der Waals surface area contributed by atoms with E-state index in [9.17, 15) is 4.79 Å². The number of benzene rings is 1. The summed E-state index contributed by atoms with van der Waals surface area (Å²) in [5.41, 5.74) is 0.672. The second-order valence-corrected chi connectivity index (χ2v) is 6.41. The van der Waals surface area contributed by atoms with Crippen LogP contribution in [0.5, 0.6) is 5.75 Å². The van der Waals surface area contributed by atoms with Gasteiger partial charge in [-0.05, 0) is 31.2 Å². The molecule has 5 nitrogen and oxygen atoms in total. The molecule has 0 spiro atoms. The van der Waals surface area contributed by atoms with E-state index >= 15 is 0 Å². The number of anilines is 1. The molecule has 0 aliphatic heterocycles. The first-order chi connectivity index (χ1) is 10.7. The lowest BCUT2D eigenvalue weighted by molar-refractivity contribution is 0.102. The first-order valence-corrected chi connectivity index (χ1v) is 8.60. The summed E-state index contributed by atoms with van der Waals surface area (Å²) in [5.74, 6) is 1.17. The number of nitrogens with zero attached hydrogens (tertiary/aromatic N) is 2. The number of nitrogens with one attached hydrogen (secondary N) is 1. The van der Waals surface area contributed by atoms with Gasteiger partial charge < -0.3 is 10.1 Å². The van der Waals surface area contributed by atoms with Crippen LogP contribution >= 0.6 is 23.1 Å². The zero-order valence-electron chi connectivity index (χ0n) is 12.2. The Morgan fingerprint density at radius 3 is 2.86 bits per heavy atom. The molecule has 0 radical (unpaired) electrons. The number of carbonyl (C=O) groups excluding carboxylic acids is 1. The van der Waals surface area contributed by atoms with Gasteiger partial charge in [-0.2, -0.15) is 0 Å². The molecule has 2 aromatic rings. The molecule has 116 valence electrons. The zero-order chi connectivity index (χ0) is 15.8. The molecule has 0 atom stereocenters. The number of thioether (sulfide) groups is 1. The summed E-state index contributed by atoms with van der Waals surface area (Å²) in [6.45, 7) is 6.81. The third-order valence-electron chi connectivity index (χ3n) is 2.62. The van der Waals surface area contributed by atoms with E-state index in [1.807, 2.05) is 19.1 Å². The summed E-state index contributed by atoms with van der Waals surface area (Å²) in [6.07, 6.45) is 1.75. The van der Waals surface area contributed by atoms with Gasteiger partial charge in [-0.25, -0.2) is 0 Å². The highest BCUT2D eigenvalue weighted by Gasteiger charge is 2.10. The van der Waals surface area contributed by atoms with Crippen LogP contribution in [0.4, 0.5) is 5.13 Å². The van der Waals surface area contributed by atoms with Crippen molar-refractivity contribution in [2.75, 3.05) is 24.2 Å². The first kappa shape index (κ1) is 16.5. The highest BCUT2D eigenvalue weighted by atomic mass is 32.2. The Kier molecular flexibility index (Phi) is 6.42. The molecule has 0 unspecified atom stereocenters. The van der Waals surface area contributed by atoms with Crippen molar-refractivity contribution in [3.05, 3.63) is 42.5 Å². The summed E-state index contributed by atoms with van der Waals surface area (Å²) in [6, 6.07) is 7.18. The molecule has 2 rings (SSSR count). The SMILES string of the molecule is C=CCNc1nnc(SCC(=O)c2ccc(OCC)cc2)s1. The number of Topliss-reactive ketones (excluding diaryl/α,β-unsaturated/α-hetero) is 1. The highest BCUT2D eigenvalue weighted by molar-refractivity contribution is 8.01. The lowest BCUT2D eigenvalue weighted by atomic mass is 10.1. The maximum atomic E-state index is 12.1. The second kappa shape index (κ2) is 8.55. The summed E-state index contributed by atoms with van der Waals surface area (Å²) >= 11 is 2.82. The predicted octanol–water partition coefficient (Wildman–Crippen LogP) is 3.51. The van der Waals surface area contributed by atoms with Gasteiger partial charge in [-0.3, -0.25) is 4.79 Å². The van der Waals surface area contributed by atoms with Crippen LogP contribution in [0.25, 0.3) is 0 Å². The number of aromatic nitrogens is 2. The number of hydrogen-bond acceptors (Lipinski definition) is 7. The monoisotopic (exact) mass is 335 g/mol. The molecule has 22 heavy (non-hydrogen) atoms. The van der Waals surface area contributed by atoms with E-state index in [0.29, 0.717) is 24.5 Å². The minimum Gasteiger partial charge on any atom is -0.494 e. The quantitative estimate of drug-likeness (QED) is 0.430. The molecule has 0 saturated carbocycles. The van der Waals surface area contributed by atoms with Crippen LogP contribution in [-0.2, 0) is 0 Å². The summed E-state index contributed by atoms with van der Waals surface area (Å²) in [5, 5.41) is 11.8. The molecule has 1 aromatic heterocycles. The summed E-state index contributed by atoms with van der Waals surface area (Å²) < 4.78 is 6.13. The van der Waals surface area contributed by atoms with Gasteiger partial charge in [-0.15, -0.1) is 16.8 Å². The van der Waals surface area contributed by atoms with Crippen LogP contribution in [0, 0.1) is 0 Å². The van der Waals surface area contributed by atoms with E-state index in [1.165, 1.54) is 23.1 Å². The van der Waals surface area contributed by atoms with Gasteiger partial charge in [-0.1, -0.05) is 29.2 Å². The van der Waals surface area contributed by atoms with Crippen LogP contribution in [0.3, 0.4) is 0 Å². The lowest BCUT2D eigenvalue weighted by Gasteiger charge is -2.03. The van der Waals surface area contributed by atoms with Gasteiger partial charge in [0, 0.05) is 12.1 Å². The number of rotatable bonds is 9. The topological polar surface area (TPSA) is 64.1 Å². The van der Waals surface area contributed by atoms with Crippen LogP contribution < -0.4 is 10.1 Å². The van der Waals surface area contributed by atoms with Gasteiger partial charge in [0.15, 0.2) is 10.1 Å². The molecule has 0 amide bonds. The Bertz CT molecular complexity index is 626. The van der Waals surface area contributed by atoms with Crippen LogP contribution in [0.2, 0.25) is 0 Å². The van der Waals surface area contributed by atoms with E-state index in [4.69, 9.17) is 4.74 Å². The Labute approximate surface area is 137 Å². The molecule has 1 heterocycles. The van der Waals surface area contributed by atoms with Crippen LogP contribution in [0.15, 0.2) is 41.3 Å². The van der Waals surface area contributed by atoms with Crippen LogP contribution in [-0.4, -0.2) is 34.9 Å². The van der Waals surface area contributed by atoms with Crippen molar-refractivity contribution in [3.63, 3.8) is 0 Å². The third kappa shape index (κ3) is 4.85. The molecule has 0 bridgehead atoms. The van der Waals surface area contributed by atoms with Gasteiger partial charge in [0.1, 0.15) is 5.75 Å². The minimum absolute atomic E-state index is 0.0591. The van der Waals surface area contributed by atoms with Gasteiger partial charge in [0.2, 0.25) is 5.13 Å². The average molecular weight is 335 g/mol. The Morgan fingerprint density at radius 1 is 1.41 bits per heavy atom. The zero-order valence-corrected chi connectivity index (χ0v) is 13.9. The molecule has 0 saturated heterocycles. The first-order valence-electron chi connectivity index (χ1n) is 6.80. The number of ether oxygens (including phenoxy) is 1. The van der Waals surface area contributed by atoms with Crippen molar-refractivity contribution >= 4 is 34.0 Å². The molecule has 0 aliphatic rings. The molecule has 1 aromatic carbocycles. The maximum Gasteiger partial charge on any atom is 0.206 e. The van der Waals surface area contributed by atoms with E-state index in [1.54, 1.807) is 18.2 Å². The molecular weight excluding hydrogens is 318 g/mol. The van der Waals surface area contributed by atoms with E-state index in [0.717, 1.165) is 15.2 Å². The largest absolute Gasteiger partial charge is 0.494 e. The molecule has 7 heteroatoms. The van der Waals surface area contributed by atoms with E-state index in [-0.39, 0.29) is 5.78 Å². The Morgan fingerprint density at radius 2 is 2.18 bits per heavy atom. The average Bonchev–Trinajstić information content (AvgIpc) is 2.99. The van der Waals surface area contributed by atoms with E-state index in [2.05, 4.69) is 22.1 Å². The number of ketones is 1. The van der Waals surface area contributed by atoms with Crippen LogP contribution in [0.1, 0.15) is 17.3 Å². The molecular formula is C15H17N3O2S2. The second-order valence-electron chi connectivity index (χ2n) is 4.21. The summed E-state index contributed by atoms with van der Waals surface area (Å²) in [7, 11) is 0. The van der Waals surface area contributed by atoms with E-state index < -0.39 is 0 Å². The Balaban J connectivity index is 1.86. The van der Waals surface area contributed by atoms with Crippen molar-refractivity contribution in [2.24, 2.45) is 0 Å². The fraction of sp³-hybridized carbons (Fsp3) is 0.267. The predicted molar refractivity (Wildman–Crippen MR) is 91.3 cm³/mol. The van der Waals surface area contributed by atoms with Gasteiger partial charge in [0.05, 0.1) is 12.4 Å². The number of hydrogen-bond donors (Lipinski definition) is 1. The standard InChI is InChI=1S/C15H17N3O2S2/c1-3-9-16-14-17-18-15(22-14)21-10-13(19)11-5-7-12(8-6-11)20-4-2/h3,5-8H,1,4,9-10H2,2H3,(H,16,17). The van der Waals surface area contributed by atoms with Gasteiger partial charge in [0.25, 0.3) is 0 Å². The van der Waals surface area contributed by atoms with Crippen molar-refractivity contribution in [2.45, 2.75) is 11.3 Å². The molecule has 0 aliphatic carbocycles. The van der Waals surface area contributed by atoms with Crippen molar-refractivity contribution in [3.8, 4) is 5.75 Å². The number of carbonyl (C=O) groups is 1. The molecule has 0 fully saturated rings. The van der Waals surface area contributed by atoms with Crippen molar-refractivity contribution in [1.82, 2.24) is 10.2 Å². The van der Waals surface area contributed by atoms with Gasteiger partial charge >= 0.3 is 0 Å². The molecule has 1 N–H and O–H groups in total. The smallest absolute Gasteiger partial charge is 0.206 e. The fourth-order valence-electron chi connectivity index (χ4n) is 1.61. The Hall–Kier alpha value is -1.86. The normalized spacial score (nSPS) is 10.2. The van der Waals surface area contributed by atoms with Crippen molar-refractivity contribution < 1.29 is 9.53 Å². The summed E-state index contributed by atoms with van der Waals surface area (Å²) in [4.78, 5) is 12.1. The highest BCUT2D eigenvalue weighted by Crippen LogP contribution is 2.26. The van der Waals surface area contributed by atoms with Crippen molar-refractivity contribution in [1.29, 1.82) is 0 Å².